The summed E-state index contributed by atoms with van der Waals surface area (Å²) in [6, 6.07) is 7.99. The fraction of sp³-hybridized carbons (Fsp3) is 0.514. The van der Waals surface area contributed by atoms with Crippen LogP contribution in [0.4, 0.5) is 8.78 Å². The van der Waals surface area contributed by atoms with E-state index in [0.717, 1.165) is 47.1 Å². The van der Waals surface area contributed by atoms with E-state index in [1.54, 1.807) is 13.8 Å². The van der Waals surface area contributed by atoms with E-state index in [4.69, 9.17) is 5.73 Å². The fourth-order valence-electron chi connectivity index (χ4n) is 5.78. The lowest BCUT2D eigenvalue weighted by Crippen LogP contribution is -2.55. The largest absolute Gasteiger partial charge is 0.390 e. The van der Waals surface area contributed by atoms with Gasteiger partial charge in [-0.05, 0) is 68.4 Å². The quantitative estimate of drug-likeness (QED) is 0.168. The summed E-state index contributed by atoms with van der Waals surface area (Å²) in [4.78, 5) is 33.8. The molecule has 1 heterocycles. The van der Waals surface area contributed by atoms with E-state index in [1.165, 1.54) is 4.90 Å². The third kappa shape index (κ3) is 11.1. The Balaban J connectivity index is 2.01. The summed E-state index contributed by atoms with van der Waals surface area (Å²) in [5.74, 6) is -3.52. The number of carbonyl (C=O) groups is 2. The van der Waals surface area contributed by atoms with E-state index >= 15 is 0 Å². The minimum atomic E-state index is -3.87. The lowest BCUT2D eigenvalue weighted by molar-refractivity contribution is -0.135. The highest BCUT2D eigenvalue weighted by Crippen LogP contribution is 2.21. The second-order valence-electron chi connectivity index (χ2n) is 12.3. The van der Waals surface area contributed by atoms with Gasteiger partial charge in [-0.3, -0.25) is 9.59 Å². The second-order valence-corrected chi connectivity index (χ2v) is 15.8. The SMILES string of the molecule is CCCC(CCC)S(=O)(=O)CC(NC(=O)c1sc(C)nc1C)C(=O)N(Cc1cccc(CC)c1)CC(O)C(N)Cc1cc(F)cc(F)c1. The molecule has 0 fully saturated rings. The molecular weight excluding hydrogens is 659 g/mol. The van der Waals surface area contributed by atoms with Crippen molar-refractivity contribution in [3.8, 4) is 0 Å². The molecule has 0 aliphatic carbocycles. The lowest BCUT2D eigenvalue weighted by Gasteiger charge is -2.32. The minimum absolute atomic E-state index is 0.0104. The van der Waals surface area contributed by atoms with Crippen LogP contribution in [-0.2, 0) is 34.0 Å². The number of aliphatic hydroxyl groups is 1. The fourth-order valence-corrected chi connectivity index (χ4v) is 8.75. The summed E-state index contributed by atoms with van der Waals surface area (Å²) in [6.07, 6.45) is 1.39. The van der Waals surface area contributed by atoms with Crippen LogP contribution in [0.15, 0.2) is 42.5 Å². The molecule has 48 heavy (non-hydrogen) atoms. The van der Waals surface area contributed by atoms with Crippen molar-refractivity contribution in [2.75, 3.05) is 12.3 Å². The van der Waals surface area contributed by atoms with Gasteiger partial charge in [0.2, 0.25) is 5.91 Å². The van der Waals surface area contributed by atoms with Crippen LogP contribution in [0.3, 0.4) is 0 Å². The van der Waals surface area contributed by atoms with Crippen LogP contribution in [0.25, 0.3) is 0 Å². The van der Waals surface area contributed by atoms with E-state index < -0.39 is 62.5 Å². The van der Waals surface area contributed by atoms with Gasteiger partial charge in [0.05, 0.1) is 27.8 Å². The number of hydrogen-bond donors (Lipinski definition) is 3. The van der Waals surface area contributed by atoms with E-state index in [9.17, 15) is 31.9 Å². The summed E-state index contributed by atoms with van der Waals surface area (Å²) in [5, 5.41) is 13.9. The zero-order chi connectivity index (χ0) is 35.6. The van der Waals surface area contributed by atoms with Crippen LogP contribution in [-0.4, -0.2) is 71.0 Å². The van der Waals surface area contributed by atoms with Crippen LogP contribution < -0.4 is 11.1 Å². The predicted molar refractivity (Wildman–Crippen MR) is 186 cm³/mol. The zero-order valence-corrected chi connectivity index (χ0v) is 30.0. The molecule has 1 aromatic heterocycles. The number of aromatic nitrogens is 1. The maximum Gasteiger partial charge on any atom is 0.263 e. The van der Waals surface area contributed by atoms with Gasteiger partial charge in [0.15, 0.2) is 9.84 Å². The van der Waals surface area contributed by atoms with E-state index in [1.807, 2.05) is 45.0 Å². The molecule has 0 spiro atoms. The Morgan fingerprint density at radius 1 is 1.00 bits per heavy atom. The van der Waals surface area contributed by atoms with Gasteiger partial charge in [0, 0.05) is 25.2 Å². The number of aliphatic hydroxyl groups excluding tert-OH is 1. The molecule has 0 saturated heterocycles. The number of sulfone groups is 1. The smallest absolute Gasteiger partial charge is 0.263 e. The molecule has 2 amide bonds. The van der Waals surface area contributed by atoms with Gasteiger partial charge in [0.1, 0.15) is 22.6 Å². The van der Waals surface area contributed by atoms with Gasteiger partial charge >= 0.3 is 0 Å². The third-order valence-corrected chi connectivity index (χ3v) is 11.6. The number of nitrogens with two attached hydrogens (primary N) is 1. The number of thiazole rings is 1. The Labute approximate surface area is 286 Å². The standard InChI is InChI=1S/C35H48F2N4O5S2/c1-6-10-29(11-7-2)48(45,46)21-31(40-34(43)33-22(4)39-23(5)47-33)35(44)41(19-25-13-9-12-24(8-3)14-25)20-32(42)30(38)17-26-15-27(36)18-28(37)16-26/h9,12-16,18,29-32,42H,6-8,10-11,17,19-21,38H2,1-5H3,(H,40,43). The topological polar surface area (TPSA) is 143 Å². The normalized spacial score (nSPS) is 13.7. The highest BCUT2D eigenvalue weighted by molar-refractivity contribution is 7.92. The van der Waals surface area contributed by atoms with E-state index in [2.05, 4.69) is 10.3 Å². The second kappa shape index (κ2) is 17.9. The summed E-state index contributed by atoms with van der Waals surface area (Å²) in [5.41, 5.74) is 8.73. The van der Waals surface area contributed by atoms with Crippen LogP contribution in [0.5, 0.6) is 0 Å². The number of halogens is 2. The summed E-state index contributed by atoms with van der Waals surface area (Å²) in [7, 11) is -3.87. The van der Waals surface area contributed by atoms with Gasteiger partial charge in [-0.1, -0.05) is 57.9 Å². The number of hydrogen-bond acceptors (Lipinski definition) is 8. The van der Waals surface area contributed by atoms with Crippen molar-refractivity contribution in [3.63, 3.8) is 0 Å². The molecular formula is C35H48F2N4O5S2. The Kier molecular flexibility index (Phi) is 14.6. The maximum atomic E-state index is 14.5. The van der Waals surface area contributed by atoms with Crippen molar-refractivity contribution in [2.24, 2.45) is 5.73 Å². The molecule has 0 aliphatic rings. The van der Waals surface area contributed by atoms with Crippen LogP contribution in [0.1, 0.15) is 83.5 Å². The Morgan fingerprint density at radius 3 is 2.19 bits per heavy atom. The predicted octanol–water partition coefficient (Wildman–Crippen LogP) is 5.04. The van der Waals surface area contributed by atoms with Crippen LogP contribution in [0, 0.1) is 25.5 Å². The van der Waals surface area contributed by atoms with Crippen molar-refractivity contribution >= 4 is 33.0 Å². The molecule has 3 unspecified atom stereocenters. The van der Waals surface area contributed by atoms with Crippen LogP contribution >= 0.6 is 11.3 Å². The molecule has 3 atom stereocenters. The van der Waals surface area contributed by atoms with Crippen molar-refractivity contribution in [2.45, 2.75) is 103 Å². The number of nitrogens with zero attached hydrogens (tertiary/aromatic N) is 2. The third-order valence-electron chi connectivity index (χ3n) is 8.22. The first-order valence-electron chi connectivity index (χ1n) is 16.4. The number of aryl methyl sites for hydroxylation is 3. The average molecular weight is 707 g/mol. The summed E-state index contributed by atoms with van der Waals surface area (Å²) in [6.45, 7) is 8.86. The molecule has 3 aromatic rings. The number of carbonyl (C=O) groups excluding carboxylic acids is 2. The molecule has 2 aromatic carbocycles. The van der Waals surface area contributed by atoms with Crippen molar-refractivity contribution in [1.29, 1.82) is 0 Å². The highest BCUT2D eigenvalue weighted by atomic mass is 32.2. The minimum Gasteiger partial charge on any atom is -0.390 e. The molecule has 0 aliphatic heterocycles. The van der Waals surface area contributed by atoms with Crippen molar-refractivity contribution < 1.29 is 31.9 Å². The number of rotatable bonds is 18. The summed E-state index contributed by atoms with van der Waals surface area (Å²) < 4.78 is 55.3. The van der Waals surface area contributed by atoms with Gasteiger partial charge in [-0.15, -0.1) is 11.3 Å². The first-order valence-corrected chi connectivity index (χ1v) is 18.9. The van der Waals surface area contributed by atoms with Gasteiger partial charge in [-0.25, -0.2) is 22.2 Å². The van der Waals surface area contributed by atoms with E-state index in [-0.39, 0.29) is 30.0 Å². The highest BCUT2D eigenvalue weighted by Gasteiger charge is 2.36. The van der Waals surface area contributed by atoms with Gasteiger partial charge in [-0.2, -0.15) is 0 Å². The first kappa shape index (κ1) is 39.2. The van der Waals surface area contributed by atoms with Gasteiger partial charge < -0.3 is 21.1 Å². The maximum absolute atomic E-state index is 14.5. The molecule has 4 N–H and O–H groups in total. The summed E-state index contributed by atoms with van der Waals surface area (Å²) >= 11 is 1.14. The Morgan fingerprint density at radius 2 is 1.62 bits per heavy atom. The number of nitrogens with one attached hydrogen (secondary N) is 1. The van der Waals surface area contributed by atoms with Crippen LogP contribution in [0.2, 0.25) is 0 Å². The Bertz CT molecular complexity index is 1620. The molecule has 3 rings (SSSR count). The zero-order valence-electron chi connectivity index (χ0n) is 28.3. The molecule has 0 radical (unpaired) electrons. The molecule has 9 nitrogen and oxygen atoms in total. The number of amides is 2. The van der Waals surface area contributed by atoms with Crippen molar-refractivity contribution in [1.82, 2.24) is 15.2 Å². The average Bonchev–Trinajstić information content (AvgIpc) is 3.36. The first-order chi connectivity index (χ1) is 22.7. The number of benzene rings is 2. The molecule has 13 heteroatoms. The lowest BCUT2D eigenvalue weighted by atomic mass is 10.0. The van der Waals surface area contributed by atoms with Gasteiger partial charge in [0.25, 0.3) is 5.91 Å². The molecule has 0 saturated carbocycles. The Hall–Kier alpha value is -3.26. The monoisotopic (exact) mass is 706 g/mol. The van der Waals surface area contributed by atoms with Crippen molar-refractivity contribution in [3.05, 3.63) is 86.4 Å². The molecule has 264 valence electrons. The van der Waals surface area contributed by atoms with E-state index in [0.29, 0.717) is 36.4 Å². The molecule has 0 bridgehead atoms.